The van der Waals surface area contributed by atoms with E-state index in [1.54, 1.807) is 0 Å². The van der Waals surface area contributed by atoms with Gasteiger partial charge in [0, 0.05) is 5.92 Å². The highest BCUT2D eigenvalue weighted by molar-refractivity contribution is 4.98. The molecule has 2 aliphatic rings. The molecule has 1 nitrogen and oxygen atoms in total. The fourth-order valence-corrected chi connectivity index (χ4v) is 4.75. The van der Waals surface area contributed by atoms with Crippen LogP contribution in [0.25, 0.3) is 0 Å². The third-order valence-corrected chi connectivity index (χ3v) is 6.53. The van der Waals surface area contributed by atoms with Crippen molar-refractivity contribution >= 4 is 0 Å². The van der Waals surface area contributed by atoms with Crippen molar-refractivity contribution in [2.24, 2.45) is 17.8 Å². The van der Waals surface area contributed by atoms with E-state index in [2.05, 4.69) is 26.0 Å². The Balaban J connectivity index is 1.49. The Hall–Kier alpha value is -0.300. The van der Waals surface area contributed by atoms with Crippen LogP contribution in [0.5, 0.6) is 0 Å². The van der Waals surface area contributed by atoms with Gasteiger partial charge >= 0.3 is 0 Å². The molecule has 2 unspecified atom stereocenters. The van der Waals surface area contributed by atoms with Gasteiger partial charge in [0.05, 0.1) is 12.7 Å². The normalized spacial score (nSPS) is 29.8. The molecule has 0 bridgehead atoms. The van der Waals surface area contributed by atoms with Crippen molar-refractivity contribution in [3.63, 3.8) is 0 Å². The average molecular weight is 349 g/mol. The quantitative estimate of drug-likeness (QED) is 0.259. The summed E-state index contributed by atoms with van der Waals surface area (Å²) in [6, 6.07) is 0. The van der Waals surface area contributed by atoms with E-state index in [-0.39, 0.29) is 0 Å². The Bertz CT molecular complexity index is 340. The van der Waals surface area contributed by atoms with Crippen molar-refractivity contribution in [3.05, 3.63) is 12.2 Å². The van der Waals surface area contributed by atoms with Gasteiger partial charge in [0.2, 0.25) is 0 Å². The van der Waals surface area contributed by atoms with Crippen LogP contribution in [0.4, 0.5) is 0 Å². The lowest BCUT2D eigenvalue weighted by atomic mass is 9.83. The van der Waals surface area contributed by atoms with E-state index in [0.717, 1.165) is 18.4 Å². The molecule has 1 heteroatoms. The highest BCUT2D eigenvalue weighted by Gasteiger charge is 2.23. The third kappa shape index (κ3) is 8.76. The lowest BCUT2D eigenvalue weighted by Gasteiger charge is -2.30. The van der Waals surface area contributed by atoms with E-state index >= 15 is 0 Å². The van der Waals surface area contributed by atoms with Gasteiger partial charge in [-0.1, -0.05) is 77.4 Å². The molecule has 0 saturated heterocycles. The summed E-state index contributed by atoms with van der Waals surface area (Å²) in [6.45, 7) is 5.57. The van der Waals surface area contributed by atoms with Gasteiger partial charge in [-0.15, -0.1) is 0 Å². The molecule has 146 valence electrons. The highest BCUT2D eigenvalue weighted by atomic mass is 16.5. The molecule has 1 saturated carbocycles. The van der Waals surface area contributed by atoms with Gasteiger partial charge in [-0.2, -0.15) is 0 Å². The molecule has 0 aromatic heterocycles. The van der Waals surface area contributed by atoms with Gasteiger partial charge in [-0.05, 0) is 56.8 Å². The summed E-state index contributed by atoms with van der Waals surface area (Å²) in [5.41, 5.74) is 0. The van der Waals surface area contributed by atoms with Gasteiger partial charge in [-0.25, -0.2) is 0 Å². The molecule has 0 aliphatic heterocycles. The molecule has 0 amide bonds. The Labute approximate surface area is 158 Å². The molecular weight excluding hydrogens is 304 g/mol. The van der Waals surface area contributed by atoms with Crippen LogP contribution in [-0.4, -0.2) is 12.7 Å². The Morgan fingerprint density at radius 2 is 1.36 bits per heavy atom. The first-order valence-electron chi connectivity index (χ1n) is 11.6. The molecule has 0 aromatic rings. The van der Waals surface area contributed by atoms with E-state index in [9.17, 15) is 0 Å². The summed E-state index contributed by atoms with van der Waals surface area (Å²) in [6.07, 6.45) is 26.4. The maximum atomic E-state index is 6.28. The standard InChI is InChI=1S/C24H44O/c1-3-5-6-7-8-9-11-22-16-18-24(19-17-22)25-20-23-14-12-21(10-4-2)13-15-23/h12,14,21-24H,3-11,13,15-20H2,1-2H3. The monoisotopic (exact) mass is 348 g/mol. The second-order valence-electron chi connectivity index (χ2n) is 8.80. The summed E-state index contributed by atoms with van der Waals surface area (Å²) in [7, 11) is 0. The number of hydrogen-bond donors (Lipinski definition) is 0. The lowest BCUT2D eigenvalue weighted by Crippen LogP contribution is -2.24. The van der Waals surface area contributed by atoms with Crippen molar-refractivity contribution in [1.82, 2.24) is 0 Å². The zero-order chi connectivity index (χ0) is 17.7. The fourth-order valence-electron chi connectivity index (χ4n) is 4.75. The zero-order valence-corrected chi connectivity index (χ0v) is 17.2. The summed E-state index contributed by atoms with van der Waals surface area (Å²) in [5.74, 6) is 2.53. The second-order valence-corrected chi connectivity index (χ2v) is 8.80. The molecular formula is C24H44O. The molecule has 2 atom stereocenters. The summed E-state index contributed by atoms with van der Waals surface area (Å²) in [5, 5.41) is 0. The van der Waals surface area contributed by atoms with Crippen LogP contribution in [0.15, 0.2) is 12.2 Å². The van der Waals surface area contributed by atoms with Gasteiger partial charge in [0.25, 0.3) is 0 Å². The zero-order valence-electron chi connectivity index (χ0n) is 17.2. The minimum absolute atomic E-state index is 0.558. The molecule has 0 spiro atoms. The Morgan fingerprint density at radius 3 is 2.04 bits per heavy atom. The highest BCUT2D eigenvalue weighted by Crippen LogP contribution is 2.31. The number of unbranched alkanes of at least 4 members (excludes halogenated alkanes) is 5. The molecule has 0 heterocycles. The number of rotatable bonds is 12. The Morgan fingerprint density at radius 1 is 0.680 bits per heavy atom. The molecule has 2 rings (SSSR count). The molecule has 0 radical (unpaired) electrons. The SMILES string of the molecule is CCCCCCCCC1CCC(OCC2C=CC(CCC)CC2)CC1. The van der Waals surface area contributed by atoms with Gasteiger partial charge in [0.15, 0.2) is 0 Å². The predicted octanol–water partition coefficient (Wildman–Crippen LogP) is 7.69. The summed E-state index contributed by atoms with van der Waals surface area (Å²) in [4.78, 5) is 0. The van der Waals surface area contributed by atoms with E-state index in [4.69, 9.17) is 4.74 Å². The van der Waals surface area contributed by atoms with Crippen molar-refractivity contribution < 1.29 is 4.74 Å². The molecule has 25 heavy (non-hydrogen) atoms. The van der Waals surface area contributed by atoms with E-state index < -0.39 is 0 Å². The first-order chi connectivity index (χ1) is 12.3. The minimum Gasteiger partial charge on any atom is -0.378 e. The van der Waals surface area contributed by atoms with Crippen LogP contribution in [0, 0.1) is 17.8 Å². The lowest BCUT2D eigenvalue weighted by molar-refractivity contribution is 0.00263. The fraction of sp³-hybridized carbons (Fsp3) is 0.917. The van der Waals surface area contributed by atoms with Crippen molar-refractivity contribution in [3.8, 4) is 0 Å². The smallest absolute Gasteiger partial charge is 0.0575 e. The average Bonchev–Trinajstić information content (AvgIpc) is 2.65. The van der Waals surface area contributed by atoms with Crippen LogP contribution < -0.4 is 0 Å². The predicted molar refractivity (Wildman–Crippen MR) is 110 cm³/mol. The molecule has 2 aliphatic carbocycles. The van der Waals surface area contributed by atoms with Crippen LogP contribution in [-0.2, 0) is 4.74 Å². The van der Waals surface area contributed by atoms with Crippen molar-refractivity contribution in [2.45, 2.75) is 116 Å². The topological polar surface area (TPSA) is 9.23 Å². The minimum atomic E-state index is 0.558. The first kappa shape index (κ1) is 21.0. The molecule has 0 aromatic carbocycles. The van der Waals surface area contributed by atoms with Crippen molar-refractivity contribution in [2.75, 3.05) is 6.61 Å². The summed E-state index contributed by atoms with van der Waals surface area (Å²) < 4.78 is 6.28. The van der Waals surface area contributed by atoms with Gasteiger partial charge < -0.3 is 4.74 Å². The number of hydrogen-bond acceptors (Lipinski definition) is 1. The van der Waals surface area contributed by atoms with Gasteiger partial charge in [0.1, 0.15) is 0 Å². The molecule has 0 N–H and O–H groups in total. The number of ether oxygens (including phenoxy) is 1. The first-order valence-corrected chi connectivity index (χ1v) is 11.6. The van der Waals surface area contributed by atoms with E-state index in [0.29, 0.717) is 12.0 Å². The van der Waals surface area contributed by atoms with Crippen molar-refractivity contribution in [1.29, 1.82) is 0 Å². The number of allylic oxidation sites excluding steroid dienone is 1. The van der Waals surface area contributed by atoms with E-state index in [1.807, 2.05) is 0 Å². The molecule has 1 fully saturated rings. The third-order valence-electron chi connectivity index (χ3n) is 6.53. The van der Waals surface area contributed by atoms with Crippen LogP contribution in [0.1, 0.15) is 110 Å². The van der Waals surface area contributed by atoms with Crippen LogP contribution in [0.3, 0.4) is 0 Å². The maximum absolute atomic E-state index is 6.28. The van der Waals surface area contributed by atoms with Gasteiger partial charge in [-0.3, -0.25) is 0 Å². The van der Waals surface area contributed by atoms with Crippen LogP contribution >= 0.6 is 0 Å². The van der Waals surface area contributed by atoms with Crippen LogP contribution in [0.2, 0.25) is 0 Å². The maximum Gasteiger partial charge on any atom is 0.0575 e. The van der Waals surface area contributed by atoms with E-state index in [1.165, 1.54) is 96.3 Å². The largest absolute Gasteiger partial charge is 0.378 e. The summed E-state index contributed by atoms with van der Waals surface area (Å²) >= 11 is 0. The Kier molecular flexibility index (Phi) is 10.9. The second kappa shape index (κ2) is 13.0.